The second-order valence-electron chi connectivity index (χ2n) is 7.42. The van der Waals surface area contributed by atoms with E-state index in [2.05, 4.69) is 15.3 Å². The van der Waals surface area contributed by atoms with E-state index in [1.807, 2.05) is 59.2 Å². The number of carboxylic acids is 1. The van der Waals surface area contributed by atoms with Crippen LogP contribution in [-0.2, 0) is 16.0 Å². The Hall–Kier alpha value is -4.17. The van der Waals surface area contributed by atoms with E-state index < -0.39 is 5.97 Å². The molecule has 0 spiro atoms. The Morgan fingerprint density at radius 2 is 1.91 bits per heavy atom. The van der Waals surface area contributed by atoms with Gasteiger partial charge in [0, 0.05) is 5.69 Å². The molecular weight excluding hydrogens is 436 g/mol. The van der Waals surface area contributed by atoms with Gasteiger partial charge in [0.2, 0.25) is 0 Å². The molecule has 1 aromatic heterocycles. The second-order valence-corrected chi connectivity index (χ2v) is 8.45. The SMILES string of the molecule is O=C(O)Cc1ccc(N=C2NC(=O)/C(=C/c3cccc(-n4cnc5ccccc54)c3)S2)cc1. The lowest BCUT2D eigenvalue weighted by Crippen LogP contribution is -2.19. The summed E-state index contributed by atoms with van der Waals surface area (Å²) in [5, 5.41) is 12.1. The van der Waals surface area contributed by atoms with Crippen molar-refractivity contribution >= 4 is 51.6 Å². The number of carbonyl (C=O) groups excluding carboxylic acids is 1. The molecule has 8 heteroatoms. The zero-order chi connectivity index (χ0) is 22.8. The highest BCUT2D eigenvalue weighted by Gasteiger charge is 2.23. The van der Waals surface area contributed by atoms with E-state index in [0.717, 1.165) is 22.3 Å². The molecule has 3 aromatic carbocycles. The molecule has 4 aromatic rings. The van der Waals surface area contributed by atoms with Gasteiger partial charge in [-0.2, -0.15) is 0 Å². The summed E-state index contributed by atoms with van der Waals surface area (Å²) in [5.74, 6) is -1.09. The predicted molar refractivity (Wildman–Crippen MR) is 130 cm³/mol. The van der Waals surface area contributed by atoms with E-state index in [-0.39, 0.29) is 12.3 Å². The highest BCUT2D eigenvalue weighted by atomic mass is 32.2. The van der Waals surface area contributed by atoms with Crippen LogP contribution < -0.4 is 5.32 Å². The molecule has 1 saturated heterocycles. The topological polar surface area (TPSA) is 96.6 Å². The molecule has 1 aliphatic rings. The first-order valence-corrected chi connectivity index (χ1v) is 11.0. The molecule has 162 valence electrons. The van der Waals surface area contributed by atoms with Crippen molar-refractivity contribution in [2.24, 2.45) is 4.99 Å². The lowest BCUT2D eigenvalue weighted by atomic mass is 10.1. The Morgan fingerprint density at radius 1 is 1.09 bits per heavy atom. The monoisotopic (exact) mass is 454 g/mol. The molecule has 0 aliphatic carbocycles. The minimum atomic E-state index is -0.882. The number of amidine groups is 1. The number of fused-ring (bicyclic) bond motifs is 1. The second kappa shape index (κ2) is 8.76. The van der Waals surface area contributed by atoms with Gasteiger partial charge in [0.25, 0.3) is 5.91 Å². The molecule has 0 radical (unpaired) electrons. The summed E-state index contributed by atoms with van der Waals surface area (Å²) in [6.07, 6.45) is 3.59. The third kappa shape index (κ3) is 4.56. The fourth-order valence-corrected chi connectivity index (χ4v) is 4.38. The van der Waals surface area contributed by atoms with Gasteiger partial charge in [0.15, 0.2) is 5.17 Å². The number of aliphatic imine (C=N–C) groups is 1. The summed E-state index contributed by atoms with van der Waals surface area (Å²) >= 11 is 1.27. The number of carbonyl (C=O) groups is 2. The Bertz CT molecular complexity index is 1440. The summed E-state index contributed by atoms with van der Waals surface area (Å²) in [7, 11) is 0. The third-order valence-electron chi connectivity index (χ3n) is 5.07. The largest absolute Gasteiger partial charge is 0.481 e. The molecule has 2 heterocycles. The van der Waals surface area contributed by atoms with Crippen LogP contribution in [0, 0.1) is 0 Å². The number of nitrogens with zero attached hydrogens (tertiary/aromatic N) is 3. The van der Waals surface area contributed by atoms with Crippen molar-refractivity contribution in [3.8, 4) is 5.69 Å². The average molecular weight is 455 g/mol. The molecule has 1 fully saturated rings. The minimum absolute atomic E-state index is 0.0385. The molecular formula is C25H18N4O3S. The highest BCUT2D eigenvalue weighted by Crippen LogP contribution is 2.29. The molecule has 7 nitrogen and oxygen atoms in total. The van der Waals surface area contributed by atoms with Gasteiger partial charge in [-0.15, -0.1) is 0 Å². The number of hydrogen-bond donors (Lipinski definition) is 2. The lowest BCUT2D eigenvalue weighted by molar-refractivity contribution is -0.136. The van der Waals surface area contributed by atoms with Gasteiger partial charge >= 0.3 is 5.97 Å². The molecule has 33 heavy (non-hydrogen) atoms. The number of benzene rings is 3. The van der Waals surface area contributed by atoms with Crippen molar-refractivity contribution in [3.63, 3.8) is 0 Å². The van der Waals surface area contributed by atoms with E-state index >= 15 is 0 Å². The van der Waals surface area contributed by atoms with Crippen LogP contribution in [0.3, 0.4) is 0 Å². The Balaban J connectivity index is 1.37. The number of hydrogen-bond acceptors (Lipinski definition) is 5. The first kappa shape index (κ1) is 20.7. The van der Waals surface area contributed by atoms with Gasteiger partial charge < -0.3 is 10.4 Å². The van der Waals surface area contributed by atoms with E-state index in [1.54, 1.807) is 30.6 Å². The number of aliphatic carboxylic acids is 1. The van der Waals surface area contributed by atoms with E-state index in [4.69, 9.17) is 5.11 Å². The molecule has 0 atom stereocenters. The molecule has 1 amide bonds. The average Bonchev–Trinajstić information content (AvgIpc) is 3.38. The number of rotatable bonds is 5. The Labute approximate surface area is 193 Å². The van der Waals surface area contributed by atoms with Crippen LogP contribution in [0.15, 0.2) is 89.0 Å². The first-order chi connectivity index (χ1) is 16.0. The van der Waals surface area contributed by atoms with Gasteiger partial charge in [0.05, 0.1) is 28.0 Å². The normalized spacial score (nSPS) is 15.9. The number of thioether (sulfide) groups is 1. The van der Waals surface area contributed by atoms with Gasteiger partial charge in [0.1, 0.15) is 6.33 Å². The van der Waals surface area contributed by atoms with Gasteiger partial charge in [-0.1, -0.05) is 36.4 Å². The van der Waals surface area contributed by atoms with Crippen LogP contribution in [0.5, 0.6) is 0 Å². The van der Waals surface area contributed by atoms with Crippen molar-refractivity contribution < 1.29 is 14.7 Å². The fraction of sp³-hybridized carbons (Fsp3) is 0.0400. The van der Waals surface area contributed by atoms with Gasteiger partial charge in [-0.3, -0.25) is 14.2 Å². The molecule has 1 aliphatic heterocycles. The molecule has 0 saturated carbocycles. The van der Waals surface area contributed by atoms with E-state index in [9.17, 15) is 9.59 Å². The van der Waals surface area contributed by atoms with Crippen LogP contribution in [0.4, 0.5) is 5.69 Å². The fourth-order valence-electron chi connectivity index (χ4n) is 3.54. The van der Waals surface area contributed by atoms with Crippen molar-refractivity contribution in [1.82, 2.24) is 14.9 Å². The summed E-state index contributed by atoms with van der Waals surface area (Å²) in [4.78, 5) is 32.7. The zero-order valence-electron chi connectivity index (χ0n) is 17.3. The maximum Gasteiger partial charge on any atom is 0.307 e. The maximum absolute atomic E-state index is 12.5. The number of para-hydroxylation sites is 2. The minimum Gasteiger partial charge on any atom is -0.481 e. The molecule has 2 N–H and O–H groups in total. The third-order valence-corrected chi connectivity index (χ3v) is 5.98. The van der Waals surface area contributed by atoms with Crippen LogP contribution in [0.25, 0.3) is 22.8 Å². The Kier molecular flexibility index (Phi) is 5.50. The van der Waals surface area contributed by atoms with Crippen LogP contribution in [-0.4, -0.2) is 31.7 Å². The summed E-state index contributed by atoms with van der Waals surface area (Å²) < 4.78 is 2.01. The van der Waals surface area contributed by atoms with Crippen molar-refractivity contribution in [2.75, 3.05) is 0 Å². The number of carboxylic acid groups (broad SMARTS) is 1. The van der Waals surface area contributed by atoms with E-state index in [0.29, 0.717) is 21.3 Å². The Morgan fingerprint density at radius 3 is 2.73 bits per heavy atom. The first-order valence-electron chi connectivity index (χ1n) is 10.2. The molecule has 5 rings (SSSR count). The maximum atomic E-state index is 12.5. The van der Waals surface area contributed by atoms with Crippen molar-refractivity contribution in [1.29, 1.82) is 0 Å². The smallest absolute Gasteiger partial charge is 0.307 e. The van der Waals surface area contributed by atoms with Crippen LogP contribution in [0.1, 0.15) is 11.1 Å². The molecule has 0 unspecified atom stereocenters. The lowest BCUT2D eigenvalue weighted by Gasteiger charge is -2.05. The zero-order valence-corrected chi connectivity index (χ0v) is 18.1. The highest BCUT2D eigenvalue weighted by molar-refractivity contribution is 8.18. The quantitative estimate of drug-likeness (QED) is 0.432. The van der Waals surface area contributed by atoms with Crippen LogP contribution in [0.2, 0.25) is 0 Å². The summed E-state index contributed by atoms with van der Waals surface area (Å²) in [6, 6.07) is 22.7. The predicted octanol–water partition coefficient (Wildman–Crippen LogP) is 4.54. The number of amides is 1. The molecule has 0 bridgehead atoms. The van der Waals surface area contributed by atoms with Crippen molar-refractivity contribution in [3.05, 3.63) is 95.2 Å². The summed E-state index contributed by atoms with van der Waals surface area (Å²) in [5.41, 5.74) is 5.12. The standard InChI is InChI=1S/C25H18N4O3S/c30-23(31)14-16-8-10-18(11-9-16)27-25-28-24(32)22(33-25)13-17-4-3-5-19(12-17)29-15-26-20-6-1-2-7-21(20)29/h1-13,15H,14H2,(H,30,31)(H,27,28,32)/b22-13-. The number of aromatic nitrogens is 2. The number of imidazole rings is 1. The summed E-state index contributed by atoms with van der Waals surface area (Å²) in [6.45, 7) is 0. The van der Waals surface area contributed by atoms with Gasteiger partial charge in [-0.05, 0) is 65.4 Å². The van der Waals surface area contributed by atoms with Crippen molar-refractivity contribution in [2.45, 2.75) is 6.42 Å². The van der Waals surface area contributed by atoms with Gasteiger partial charge in [-0.25, -0.2) is 9.98 Å². The van der Waals surface area contributed by atoms with Crippen LogP contribution >= 0.6 is 11.8 Å². The van der Waals surface area contributed by atoms with E-state index in [1.165, 1.54) is 11.8 Å². The number of nitrogens with one attached hydrogen (secondary N) is 1.